The number of rotatable bonds is 5. The fourth-order valence-corrected chi connectivity index (χ4v) is 4.05. The number of carbonyl (C=O) groups is 2. The van der Waals surface area contributed by atoms with E-state index < -0.39 is 12.0 Å². The summed E-state index contributed by atoms with van der Waals surface area (Å²) < 4.78 is 0. The molecule has 0 aliphatic carbocycles. The van der Waals surface area contributed by atoms with E-state index in [1.807, 2.05) is 36.7 Å². The molecule has 2 heterocycles. The molecule has 2 aromatic rings. The van der Waals surface area contributed by atoms with Crippen molar-refractivity contribution in [1.82, 2.24) is 9.80 Å². The van der Waals surface area contributed by atoms with Gasteiger partial charge < -0.3 is 10.0 Å². The van der Waals surface area contributed by atoms with E-state index in [-0.39, 0.29) is 11.9 Å². The lowest BCUT2D eigenvalue weighted by Crippen LogP contribution is -2.54. The van der Waals surface area contributed by atoms with Gasteiger partial charge in [0.2, 0.25) is 0 Å². The highest BCUT2D eigenvalue weighted by Crippen LogP contribution is 2.25. The first-order valence-electron chi connectivity index (χ1n) is 8.37. The summed E-state index contributed by atoms with van der Waals surface area (Å²) in [5.74, 6) is -1.10. The predicted octanol–water partition coefficient (Wildman–Crippen LogP) is 2.94. The van der Waals surface area contributed by atoms with E-state index in [1.165, 1.54) is 21.8 Å². The van der Waals surface area contributed by atoms with Gasteiger partial charge in [0.05, 0.1) is 4.88 Å². The second kappa shape index (κ2) is 7.80. The number of amides is 1. The first-order valence-corrected chi connectivity index (χ1v) is 9.25. The maximum Gasteiger partial charge on any atom is 0.326 e. The lowest BCUT2D eigenvalue weighted by atomic mass is 9.95. The van der Waals surface area contributed by atoms with Gasteiger partial charge in [-0.3, -0.25) is 9.69 Å². The van der Waals surface area contributed by atoms with Gasteiger partial charge >= 0.3 is 5.97 Å². The third-order valence-corrected chi connectivity index (χ3v) is 5.61. The number of hydrogen-bond donors (Lipinski definition) is 1. The minimum absolute atomic E-state index is 0.147. The predicted molar refractivity (Wildman–Crippen MR) is 97.7 cm³/mol. The Morgan fingerprint density at radius 2 is 2.00 bits per heavy atom. The molecule has 0 spiro atoms. The van der Waals surface area contributed by atoms with Gasteiger partial charge in [0.15, 0.2) is 0 Å². The number of hydrogen-bond acceptors (Lipinski definition) is 4. The molecule has 6 heteroatoms. The van der Waals surface area contributed by atoms with E-state index in [2.05, 4.69) is 17.0 Å². The van der Waals surface area contributed by atoms with Crippen LogP contribution in [0.4, 0.5) is 0 Å². The average molecular weight is 358 g/mol. The van der Waals surface area contributed by atoms with E-state index in [0.29, 0.717) is 17.8 Å². The van der Waals surface area contributed by atoms with Crippen molar-refractivity contribution in [3.8, 4) is 0 Å². The topological polar surface area (TPSA) is 60.9 Å². The summed E-state index contributed by atoms with van der Waals surface area (Å²) >= 11 is 1.35. The van der Waals surface area contributed by atoms with Crippen LogP contribution >= 0.6 is 11.3 Å². The van der Waals surface area contributed by atoms with E-state index in [0.717, 1.165) is 13.0 Å². The van der Waals surface area contributed by atoms with Crippen LogP contribution in [-0.4, -0.2) is 52.5 Å². The van der Waals surface area contributed by atoms with Crippen LogP contribution in [0.15, 0.2) is 47.8 Å². The van der Waals surface area contributed by atoms with Crippen molar-refractivity contribution in [2.75, 3.05) is 13.6 Å². The molecule has 1 amide bonds. The number of benzene rings is 1. The maximum absolute atomic E-state index is 12.6. The summed E-state index contributed by atoms with van der Waals surface area (Å²) in [5.41, 5.74) is 1.20. The Balaban J connectivity index is 1.68. The molecule has 132 valence electrons. The highest BCUT2D eigenvalue weighted by molar-refractivity contribution is 7.12. The van der Waals surface area contributed by atoms with Crippen LogP contribution in [0.25, 0.3) is 0 Å². The Kier molecular flexibility index (Phi) is 5.50. The van der Waals surface area contributed by atoms with Crippen molar-refractivity contribution in [1.29, 1.82) is 0 Å². The van der Waals surface area contributed by atoms with E-state index in [1.54, 1.807) is 6.07 Å². The number of nitrogens with zero attached hydrogens (tertiary/aromatic N) is 2. The van der Waals surface area contributed by atoms with Gasteiger partial charge in [-0.05, 0) is 36.9 Å². The molecule has 25 heavy (non-hydrogen) atoms. The van der Waals surface area contributed by atoms with Crippen LogP contribution in [0.3, 0.4) is 0 Å². The Labute approximate surface area is 151 Å². The minimum atomic E-state index is -0.928. The van der Waals surface area contributed by atoms with Gasteiger partial charge in [-0.1, -0.05) is 36.4 Å². The van der Waals surface area contributed by atoms with Crippen LogP contribution in [0.5, 0.6) is 0 Å². The molecule has 1 saturated heterocycles. The highest BCUT2D eigenvalue weighted by atomic mass is 32.1. The minimum Gasteiger partial charge on any atom is -0.480 e. The number of carbonyl (C=O) groups excluding carboxylic acids is 1. The zero-order valence-electron chi connectivity index (χ0n) is 14.2. The van der Waals surface area contributed by atoms with Crippen LogP contribution in [-0.2, 0) is 11.3 Å². The Bertz CT molecular complexity index is 718. The summed E-state index contributed by atoms with van der Waals surface area (Å²) in [6.45, 7) is 1.24. The van der Waals surface area contributed by atoms with Gasteiger partial charge in [0.25, 0.3) is 5.91 Å². The van der Waals surface area contributed by atoms with Crippen molar-refractivity contribution in [3.63, 3.8) is 0 Å². The zero-order chi connectivity index (χ0) is 17.8. The summed E-state index contributed by atoms with van der Waals surface area (Å²) in [5, 5.41) is 11.5. The first kappa shape index (κ1) is 17.6. The fourth-order valence-electron chi connectivity index (χ4n) is 3.37. The van der Waals surface area contributed by atoms with Crippen molar-refractivity contribution >= 4 is 23.2 Å². The second-order valence-corrected chi connectivity index (χ2v) is 7.36. The van der Waals surface area contributed by atoms with E-state index in [4.69, 9.17) is 0 Å². The molecular formula is C19H22N2O3S. The number of likely N-dealkylation sites (tertiary alicyclic amines) is 1. The lowest BCUT2D eigenvalue weighted by Gasteiger charge is -2.40. The van der Waals surface area contributed by atoms with Crippen molar-refractivity contribution < 1.29 is 14.7 Å². The zero-order valence-corrected chi connectivity index (χ0v) is 15.0. The molecule has 0 saturated carbocycles. The summed E-state index contributed by atoms with van der Waals surface area (Å²) in [6, 6.07) is 13.1. The summed E-state index contributed by atoms with van der Waals surface area (Å²) in [7, 11) is 2.02. The fraction of sp³-hybridized carbons (Fsp3) is 0.368. The van der Waals surface area contributed by atoms with Crippen LogP contribution < -0.4 is 0 Å². The molecule has 5 nitrogen and oxygen atoms in total. The molecule has 1 aromatic carbocycles. The third-order valence-electron chi connectivity index (χ3n) is 4.75. The normalized spacial score (nSPS) is 20.6. The molecule has 1 aliphatic rings. The largest absolute Gasteiger partial charge is 0.480 e. The number of piperidine rings is 1. The molecule has 1 fully saturated rings. The van der Waals surface area contributed by atoms with Crippen molar-refractivity contribution in [3.05, 3.63) is 58.3 Å². The number of carboxylic acids is 1. The Morgan fingerprint density at radius 1 is 1.24 bits per heavy atom. The highest BCUT2D eigenvalue weighted by Gasteiger charge is 2.38. The number of aliphatic carboxylic acids is 1. The standard InChI is InChI=1S/C19H22N2O3S/c1-20(13-14-6-3-2-4-7-14)15-9-10-21(16(12-15)19(23)24)18(22)17-8-5-11-25-17/h2-8,11,15-16H,9-10,12-13H2,1H3,(H,23,24). The SMILES string of the molecule is CN(Cc1ccccc1)C1CCN(C(=O)c2cccs2)C(C(=O)O)C1. The quantitative estimate of drug-likeness (QED) is 0.893. The van der Waals surface area contributed by atoms with E-state index in [9.17, 15) is 14.7 Å². The average Bonchev–Trinajstić information content (AvgIpc) is 3.16. The van der Waals surface area contributed by atoms with Crippen LogP contribution in [0.1, 0.15) is 28.1 Å². The molecule has 3 rings (SSSR count). The molecule has 2 unspecified atom stereocenters. The van der Waals surface area contributed by atoms with Crippen molar-refractivity contribution in [2.24, 2.45) is 0 Å². The van der Waals surface area contributed by atoms with Crippen LogP contribution in [0, 0.1) is 0 Å². The number of thiophene rings is 1. The van der Waals surface area contributed by atoms with Gasteiger partial charge in [-0.25, -0.2) is 4.79 Å². The smallest absolute Gasteiger partial charge is 0.326 e. The Hall–Kier alpha value is -2.18. The van der Waals surface area contributed by atoms with Crippen LogP contribution in [0.2, 0.25) is 0 Å². The lowest BCUT2D eigenvalue weighted by molar-refractivity contribution is -0.144. The molecule has 2 atom stereocenters. The maximum atomic E-state index is 12.6. The van der Waals surface area contributed by atoms with Crippen molar-refractivity contribution in [2.45, 2.75) is 31.5 Å². The third kappa shape index (κ3) is 4.08. The van der Waals surface area contributed by atoms with Gasteiger partial charge in [-0.15, -0.1) is 11.3 Å². The molecular weight excluding hydrogens is 336 g/mol. The molecule has 0 bridgehead atoms. The second-order valence-electron chi connectivity index (χ2n) is 6.41. The molecule has 0 radical (unpaired) electrons. The molecule has 1 N–H and O–H groups in total. The molecule has 1 aliphatic heterocycles. The summed E-state index contributed by atoms with van der Waals surface area (Å²) in [4.78, 5) is 28.7. The van der Waals surface area contributed by atoms with Gasteiger partial charge in [0, 0.05) is 19.1 Å². The summed E-state index contributed by atoms with van der Waals surface area (Å²) in [6.07, 6.45) is 1.24. The van der Waals surface area contributed by atoms with Gasteiger partial charge in [-0.2, -0.15) is 0 Å². The number of carboxylic acid groups (broad SMARTS) is 1. The van der Waals surface area contributed by atoms with Gasteiger partial charge in [0.1, 0.15) is 6.04 Å². The first-order chi connectivity index (χ1) is 12.1. The monoisotopic (exact) mass is 358 g/mol. The Morgan fingerprint density at radius 3 is 2.64 bits per heavy atom. The molecule has 1 aromatic heterocycles. The van der Waals surface area contributed by atoms with E-state index >= 15 is 0 Å².